The van der Waals surface area contributed by atoms with Gasteiger partial charge in [0.25, 0.3) is 7.82 Å². The fraction of sp³-hybridized carbons (Fsp3) is 0.750. The Morgan fingerprint density at radius 3 is 1.91 bits per heavy atom. The first-order valence-electron chi connectivity index (χ1n) is 21.3. The van der Waals surface area contributed by atoms with E-state index in [9.17, 15) is 24.5 Å². The molecule has 314 valence electrons. The molecule has 0 heterocycles. The molecule has 0 aliphatic rings. The van der Waals surface area contributed by atoms with Crippen LogP contribution in [0.25, 0.3) is 0 Å². The minimum atomic E-state index is -4.62. The third-order valence-electron chi connectivity index (χ3n) is 9.05. The molecule has 0 aromatic rings. The van der Waals surface area contributed by atoms with E-state index in [1.54, 1.807) is 12.2 Å². The van der Waals surface area contributed by atoms with E-state index in [0.29, 0.717) is 30.3 Å². The second kappa shape index (κ2) is 35.6. The predicted octanol–water partition coefficient (Wildman–Crippen LogP) is 9.80. The molecule has 1 amide bonds. The van der Waals surface area contributed by atoms with Crippen LogP contribution in [0.2, 0.25) is 0 Å². The Bertz CT molecular complexity index is 1080. The van der Waals surface area contributed by atoms with E-state index in [1.807, 2.05) is 51.5 Å². The monoisotopic (exact) mass is 781 g/mol. The van der Waals surface area contributed by atoms with E-state index in [0.717, 1.165) is 32.1 Å². The first kappa shape index (κ1) is 52.2. The zero-order valence-corrected chi connectivity index (χ0v) is 35.9. The second-order valence-corrected chi connectivity index (χ2v) is 17.0. The lowest BCUT2D eigenvalue weighted by atomic mass is 10.0. The van der Waals surface area contributed by atoms with E-state index in [1.165, 1.54) is 83.5 Å². The normalized spacial score (nSPS) is 15.6. The molecular weight excluding hydrogens is 699 g/mol. The van der Waals surface area contributed by atoms with Crippen molar-refractivity contribution in [1.29, 1.82) is 0 Å². The van der Waals surface area contributed by atoms with Gasteiger partial charge in [-0.15, -0.1) is 0 Å². The van der Waals surface area contributed by atoms with Gasteiger partial charge >= 0.3 is 0 Å². The van der Waals surface area contributed by atoms with Gasteiger partial charge in [0.1, 0.15) is 13.2 Å². The van der Waals surface area contributed by atoms with Gasteiger partial charge in [-0.1, -0.05) is 158 Å². The number of aliphatic hydroxyl groups is 2. The van der Waals surface area contributed by atoms with Gasteiger partial charge in [-0.25, -0.2) is 0 Å². The Balaban J connectivity index is 4.68. The summed E-state index contributed by atoms with van der Waals surface area (Å²) in [6, 6.07) is -0.948. The largest absolute Gasteiger partial charge is 0.756 e. The number of carbonyl (C=O) groups is 1. The lowest BCUT2D eigenvalue weighted by Crippen LogP contribution is -2.45. The third-order valence-corrected chi connectivity index (χ3v) is 10.0. The SMILES string of the molecule is CCCCC/C=C\C/C=C\CC(O)/C=C\C=C\CCCC(=O)N[C@@H](COP(=O)([O-])OCC[N+](C)(C)C)[C@H](O)/C=C/CCCCCCCCCCCCCC. The number of aliphatic hydroxyl groups excluding tert-OH is 2. The van der Waals surface area contributed by atoms with Crippen LogP contribution in [0.4, 0.5) is 0 Å². The van der Waals surface area contributed by atoms with Crippen molar-refractivity contribution >= 4 is 13.7 Å². The molecule has 0 radical (unpaired) electrons. The summed E-state index contributed by atoms with van der Waals surface area (Å²) in [5.74, 6) is -0.300. The number of rotatable bonds is 37. The van der Waals surface area contributed by atoms with E-state index in [-0.39, 0.29) is 18.9 Å². The van der Waals surface area contributed by atoms with Crippen LogP contribution < -0.4 is 10.2 Å². The van der Waals surface area contributed by atoms with Gasteiger partial charge in [0.15, 0.2) is 0 Å². The summed E-state index contributed by atoms with van der Waals surface area (Å²) in [6.07, 6.45) is 41.5. The first-order chi connectivity index (χ1) is 25.9. The van der Waals surface area contributed by atoms with Crippen LogP contribution in [0.3, 0.4) is 0 Å². The van der Waals surface area contributed by atoms with Gasteiger partial charge in [-0.2, -0.15) is 0 Å². The van der Waals surface area contributed by atoms with Gasteiger partial charge in [0.05, 0.1) is 46.0 Å². The van der Waals surface area contributed by atoms with Crippen LogP contribution in [-0.4, -0.2) is 79.8 Å². The van der Waals surface area contributed by atoms with Gasteiger partial charge in [-0.05, 0) is 51.4 Å². The lowest BCUT2D eigenvalue weighted by Gasteiger charge is -2.29. The van der Waals surface area contributed by atoms with Crippen LogP contribution in [0.1, 0.15) is 155 Å². The van der Waals surface area contributed by atoms with Crippen LogP contribution >= 0.6 is 7.82 Å². The zero-order chi connectivity index (χ0) is 40.2. The fourth-order valence-electron chi connectivity index (χ4n) is 5.58. The summed E-state index contributed by atoms with van der Waals surface area (Å²) in [5.41, 5.74) is 0. The highest BCUT2D eigenvalue weighted by Crippen LogP contribution is 2.38. The van der Waals surface area contributed by atoms with Crippen LogP contribution in [0.15, 0.2) is 60.8 Å². The highest BCUT2D eigenvalue weighted by Gasteiger charge is 2.23. The van der Waals surface area contributed by atoms with Crippen LogP contribution in [0.5, 0.6) is 0 Å². The highest BCUT2D eigenvalue weighted by molar-refractivity contribution is 7.45. The van der Waals surface area contributed by atoms with Gasteiger partial charge < -0.3 is 34.0 Å². The molecule has 0 bridgehead atoms. The molecule has 3 N–H and O–H groups in total. The summed E-state index contributed by atoms with van der Waals surface area (Å²) in [7, 11) is 1.16. The molecule has 0 saturated heterocycles. The van der Waals surface area contributed by atoms with Crippen molar-refractivity contribution in [2.24, 2.45) is 0 Å². The smallest absolute Gasteiger partial charge is 0.268 e. The average Bonchev–Trinajstić information content (AvgIpc) is 3.11. The molecule has 54 heavy (non-hydrogen) atoms. The molecule has 4 atom stereocenters. The maximum atomic E-state index is 12.8. The molecule has 0 aliphatic carbocycles. The van der Waals surface area contributed by atoms with Crippen molar-refractivity contribution in [3.8, 4) is 0 Å². The Hall–Kier alpha value is -1.84. The van der Waals surface area contributed by atoms with Gasteiger partial charge in [-0.3, -0.25) is 9.36 Å². The van der Waals surface area contributed by atoms with Crippen molar-refractivity contribution in [1.82, 2.24) is 5.32 Å². The summed E-state index contributed by atoms with van der Waals surface area (Å²) < 4.78 is 23.1. The minimum absolute atomic E-state index is 0.0291. The van der Waals surface area contributed by atoms with Crippen LogP contribution in [-0.2, 0) is 18.4 Å². The quantitative estimate of drug-likeness (QED) is 0.0188. The number of quaternary nitrogens is 1. The number of phosphoric ester groups is 1. The van der Waals surface area contributed by atoms with Crippen molar-refractivity contribution in [3.05, 3.63) is 60.8 Å². The predicted molar refractivity (Wildman–Crippen MR) is 225 cm³/mol. The molecule has 0 rings (SSSR count). The van der Waals surface area contributed by atoms with Crippen LogP contribution in [0, 0.1) is 0 Å². The maximum absolute atomic E-state index is 12.8. The number of unbranched alkanes of at least 4 members (excludes halogenated alkanes) is 16. The summed E-state index contributed by atoms with van der Waals surface area (Å²) in [4.78, 5) is 25.2. The summed E-state index contributed by atoms with van der Waals surface area (Å²) in [5, 5.41) is 23.8. The molecule has 0 fully saturated rings. The number of hydrogen-bond acceptors (Lipinski definition) is 7. The number of hydrogen-bond donors (Lipinski definition) is 3. The third kappa shape index (κ3) is 37.1. The van der Waals surface area contributed by atoms with E-state index >= 15 is 0 Å². The molecule has 10 heteroatoms. The topological polar surface area (TPSA) is 128 Å². The van der Waals surface area contributed by atoms with Crippen molar-refractivity contribution in [3.63, 3.8) is 0 Å². The van der Waals surface area contributed by atoms with Crippen molar-refractivity contribution in [2.45, 2.75) is 173 Å². The molecule has 0 spiro atoms. The second-order valence-electron chi connectivity index (χ2n) is 15.5. The maximum Gasteiger partial charge on any atom is 0.268 e. The average molecular weight is 781 g/mol. The van der Waals surface area contributed by atoms with Gasteiger partial charge in [0.2, 0.25) is 5.91 Å². The molecular formula is C44H81N2O7P. The zero-order valence-electron chi connectivity index (χ0n) is 35.0. The van der Waals surface area contributed by atoms with E-state index in [2.05, 4.69) is 37.4 Å². The standard InChI is InChI=1S/C44H81N2O7P/c1-6-8-10-12-14-16-17-18-19-20-22-24-28-32-36-43(48)42(40-53-54(50,51)52-39-38-46(3,4)5)45-44(49)37-33-29-25-27-31-35-41(47)34-30-26-23-21-15-13-11-9-7-2/h15,21,25-27,30-32,35-36,41-43,47-48H,6-14,16-20,22-24,28-29,33-34,37-40H2,1-5H3,(H-,45,49,50,51)/b21-15-,27-25+,30-26-,35-31-,36-32+/t41?,42-,43+/m0/s1. The molecule has 9 nitrogen and oxygen atoms in total. The number of allylic oxidation sites excluding steroid dienone is 7. The Labute approximate surface area is 331 Å². The summed E-state index contributed by atoms with van der Waals surface area (Å²) in [6.45, 7) is 4.47. The highest BCUT2D eigenvalue weighted by atomic mass is 31.2. The van der Waals surface area contributed by atoms with Gasteiger partial charge in [0, 0.05) is 6.42 Å². The molecule has 0 aromatic heterocycles. The van der Waals surface area contributed by atoms with E-state index < -0.39 is 32.7 Å². The van der Waals surface area contributed by atoms with Crippen molar-refractivity contribution < 1.29 is 38.0 Å². The molecule has 2 unspecified atom stereocenters. The number of carbonyl (C=O) groups excluding carboxylic acids is 1. The Morgan fingerprint density at radius 2 is 1.26 bits per heavy atom. The molecule has 0 aromatic carbocycles. The minimum Gasteiger partial charge on any atom is -0.756 e. The Morgan fingerprint density at radius 1 is 0.704 bits per heavy atom. The first-order valence-corrected chi connectivity index (χ1v) is 22.7. The molecule has 0 aliphatic heterocycles. The Kier molecular flexibility index (Phi) is 34.4. The van der Waals surface area contributed by atoms with E-state index in [4.69, 9.17) is 9.05 Å². The lowest BCUT2D eigenvalue weighted by molar-refractivity contribution is -0.870. The number of nitrogens with one attached hydrogen (secondary N) is 1. The fourth-order valence-corrected chi connectivity index (χ4v) is 6.30. The number of phosphoric acid groups is 1. The molecule has 0 saturated carbocycles. The summed E-state index contributed by atoms with van der Waals surface area (Å²) >= 11 is 0. The number of amides is 1. The number of likely N-dealkylation sites (N-methyl/N-ethyl adjacent to an activating group) is 1. The number of nitrogens with zero attached hydrogens (tertiary/aromatic N) is 1. The van der Waals surface area contributed by atoms with Crippen molar-refractivity contribution in [2.75, 3.05) is 40.9 Å².